The number of nitrogens with zero attached hydrogens (tertiary/aromatic N) is 7. The molecule has 0 aromatic carbocycles. The Bertz CT molecular complexity index is 2200. The molecule has 24 heteroatoms. The molecule has 3 unspecified atom stereocenters. The number of morpholine rings is 1. The van der Waals surface area contributed by atoms with Crippen LogP contribution in [0.4, 0.5) is 4.79 Å². The first-order valence-corrected chi connectivity index (χ1v) is 30.9. The van der Waals surface area contributed by atoms with Crippen LogP contribution >= 0.6 is 0 Å². The van der Waals surface area contributed by atoms with Crippen molar-refractivity contribution in [3.8, 4) is 0 Å². The summed E-state index contributed by atoms with van der Waals surface area (Å²) in [6.45, 7) is 30.9. The van der Waals surface area contributed by atoms with Gasteiger partial charge in [0.1, 0.15) is 42.3 Å². The topological polar surface area (TPSA) is 283 Å². The molecule has 2 saturated heterocycles. The fourth-order valence-electron chi connectivity index (χ4n) is 11.1. The number of amides is 8. The van der Waals surface area contributed by atoms with Crippen LogP contribution in [0.1, 0.15) is 149 Å². The fourth-order valence-corrected chi connectivity index (χ4v) is 11.1. The second-order valence-corrected chi connectivity index (χ2v) is 26.8. The summed E-state index contributed by atoms with van der Waals surface area (Å²) in [4.78, 5) is 141. The van der Waals surface area contributed by atoms with E-state index >= 15 is 9.59 Å². The Balaban J connectivity index is 2.97. The summed E-state index contributed by atoms with van der Waals surface area (Å²) in [6.07, 6.45) is -3.71. The van der Waals surface area contributed by atoms with Gasteiger partial charge in [0.15, 0.2) is 0 Å². The summed E-state index contributed by atoms with van der Waals surface area (Å²) in [6, 6.07) is -9.21. The molecule has 0 saturated carbocycles. The van der Waals surface area contributed by atoms with Crippen molar-refractivity contribution < 1.29 is 62.8 Å². The number of aliphatic hydroxyl groups is 2. The largest absolute Gasteiger partial charge is 0.417 e. The van der Waals surface area contributed by atoms with Crippen LogP contribution in [0, 0.1) is 41.4 Å². The second kappa shape index (κ2) is 35.1. The molecule has 2 rings (SSSR count). The quantitative estimate of drug-likeness (QED) is 0.0902. The van der Waals surface area contributed by atoms with Gasteiger partial charge >= 0.3 is 12.1 Å². The molecule has 0 bridgehead atoms. The van der Waals surface area contributed by atoms with Gasteiger partial charge in [-0.2, -0.15) is 0 Å². The minimum Gasteiger partial charge on any atom is -0.391 e. The lowest BCUT2D eigenvalue weighted by Crippen LogP contribution is -2.64. The van der Waals surface area contributed by atoms with Gasteiger partial charge in [-0.25, -0.2) is 9.59 Å². The Morgan fingerprint density at radius 3 is 1.58 bits per heavy atom. The van der Waals surface area contributed by atoms with E-state index in [2.05, 4.69) is 26.2 Å². The molecule has 2 fully saturated rings. The van der Waals surface area contributed by atoms with Gasteiger partial charge < -0.3 is 55.2 Å². The monoisotopic (exact) mass is 1210 g/mol. The summed E-state index contributed by atoms with van der Waals surface area (Å²) in [7, 11) is 8.67. The fraction of sp³-hybridized carbons (Fsp3) is 0.852. The molecule has 0 radical (unpaired) electrons. The number of hydrogen-bond acceptors (Lipinski definition) is 16. The molecule has 85 heavy (non-hydrogen) atoms. The lowest BCUT2D eigenvalue weighted by atomic mass is 9.91. The normalized spacial score (nSPS) is 28.2. The lowest BCUT2D eigenvalue weighted by Gasteiger charge is -2.41. The van der Waals surface area contributed by atoms with E-state index in [0.29, 0.717) is 45.6 Å². The van der Waals surface area contributed by atoms with E-state index in [-0.39, 0.29) is 54.9 Å². The molecule has 2 heterocycles. The van der Waals surface area contributed by atoms with E-state index in [9.17, 15) is 43.8 Å². The molecule has 13 atom stereocenters. The van der Waals surface area contributed by atoms with Crippen LogP contribution in [0.3, 0.4) is 0 Å². The van der Waals surface area contributed by atoms with Gasteiger partial charge in [-0.15, -0.1) is 0 Å². The van der Waals surface area contributed by atoms with Crippen molar-refractivity contribution in [1.29, 1.82) is 0 Å². The lowest BCUT2D eigenvalue weighted by molar-refractivity contribution is -0.155. The predicted octanol–water partition coefficient (Wildman–Crippen LogP) is 2.93. The number of ether oxygens (including phenoxy) is 2. The third-order valence-corrected chi connectivity index (χ3v) is 16.4. The number of esters is 1. The Hall–Kier alpha value is -5.01. The van der Waals surface area contributed by atoms with Gasteiger partial charge in [0.05, 0.1) is 44.3 Å². The highest BCUT2D eigenvalue weighted by molar-refractivity contribution is 5.98. The van der Waals surface area contributed by atoms with E-state index in [4.69, 9.17) is 9.47 Å². The third kappa shape index (κ3) is 22.9. The van der Waals surface area contributed by atoms with Crippen molar-refractivity contribution in [2.45, 2.75) is 222 Å². The van der Waals surface area contributed by atoms with Crippen LogP contribution in [0.15, 0.2) is 0 Å². The SMILES string of the molecule is CC(C)C[C@@H]1C(=O)N[C@H](CC(C)C)C(=O)N(C)C(C(C)C)C(=O)N(C)C([C@H](O)[C@H](C)CCN2CCOC[C@H]2C)C(=O)NC([C@@H](C)O)C(=O)N(C)CC(=O)N(C)[C@@H](CC(C)C)C(=O)N[C@H](CC(C)C)N(C)[C@H](CC(C)C)N[C@H](C)C(=O)OC(=O)N1C. The Kier molecular flexibility index (Phi) is 31.4. The number of aliphatic hydroxyl groups excluding tert-OH is 2. The molecule has 0 aromatic heterocycles. The summed E-state index contributed by atoms with van der Waals surface area (Å²) in [5.41, 5.74) is 0. The van der Waals surface area contributed by atoms with Crippen molar-refractivity contribution in [2.24, 2.45) is 41.4 Å². The van der Waals surface area contributed by atoms with E-state index in [1.807, 2.05) is 81.1 Å². The number of nitrogens with one attached hydrogen (secondary N) is 4. The van der Waals surface area contributed by atoms with Crippen LogP contribution in [0.25, 0.3) is 0 Å². The number of carbonyl (C=O) groups excluding carboxylic acids is 9. The van der Waals surface area contributed by atoms with Crippen molar-refractivity contribution in [3.63, 3.8) is 0 Å². The third-order valence-electron chi connectivity index (χ3n) is 16.4. The van der Waals surface area contributed by atoms with E-state index in [1.165, 1.54) is 52.0 Å². The van der Waals surface area contributed by atoms with Crippen LogP contribution in [-0.2, 0) is 47.8 Å². The van der Waals surface area contributed by atoms with Gasteiger partial charge in [0.25, 0.3) is 0 Å². The summed E-state index contributed by atoms with van der Waals surface area (Å²) >= 11 is 0. The first-order valence-electron chi connectivity index (χ1n) is 30.9. The molecular weight excluding hydrogens is 1090 g/mol. The zero-order valence-electron chi connectivity index (χ0n) is 55.8. The Labute approximate surface area is 508 Å². The van der Waals surface area contributed by atoms with Gasteiger partial charge in [-0.1, -0.05) is 90.0 Å². The van der Waals surface area contributed by atoms with Crippen molar-refractivity contribution >= 4 is 53.4 Å². The molecule has 6 N–H and O–H groups in total. The average Bonchev–Trinajstić information content (AvgIpc) is 2.84. The number of rotatable bonds is 17. The summed E-state index contributed by atoms with van der Waals surface area (Å²) in [5.74, 6) is -7.60. The number of hydrogen-bond donors (Lipinski definition) is 6. The Morgan fingerprint density at radius 2 is 1.07 bits per heavy atom. The molecular formula is C61H113N11O13. The highest BCUT2D eigenvalue weighted by atomic mass is 16.6. The van der Waals surface area contributed by atoms with Gasteiger partial charge in [-0.05, 0) is 114 Å². The molecule has 490 valence electrons. The predicted molar refractivity (Wildman–Crippen MR) is 326 cm³/mol. The molecule has 8 amide bonds. The van der Waals surface area contributed by atoms with Crippen LogP contribution in [0.5, 0.6) is 0 Å². The molecule has 2 aliphatic heterocycles. The summed E-state index contributed by atoms with van der Waals surface area (Å²) < 4.78 is 11.1. The highest BCUT2D eigenvalue weighted by Gasteiger charge is 2.45. The summed E-state index contributed by atoms with van der Waals surface area (Å²) in [5, 5.41) is 35.6. The molecule has 24 nitrogen and oxygen atoms in total. The van der Waals surface area contributed by atoms with Crippen molar-refractivity contribution in [1.82, 2.24) is 55.6 Å². The first-order chi connectivity index (χ1) is 39.3. The van der Waals surface area contributed by atoms with Crippen molar-refractivity contribution in [3.05, 3.63) is 0 Å². The minimum absolute atomic E-state index is 0.0514. The van der Waals surface area contributed by atoms with Crippen LogP contribution < -0.4 is 21.3 Å². The number of carbonyl (C=O) groups is 9. The van der Waals surface area contributed by atoms with Gasteiger partial charge in [0, 0.05) is 47.8 Å². The minimum atomic E-state index is -1.71. The smallest absolute Gasteiger partial charge is 0.391 e. The maximum Gasteiger partial charge on any atom is 0.417 e. The zero-order chi connectivity index (χ0) is 65.2. The van der Waals surface area contributed by atoms with E-state index in [0.717, 1.165) is 14.7 Å². The molecule has 0 spiro atoms. The standard InChI is InChI=1S/C61H113N11O13/c1-34(2)27-44-57(79)70(21)51(39(11)12)59(81)71(22)52(53(75)40(13)23-24-72-25-26-84-33-41(72)14)56(78)65-50(43(16)73)58(80)66(17)32-49(74)67(18)45(28-35(3)4)55(77)64-48(31-38(9)10)69(20)47(30-37(7)8)62-42(15)60(82)85-61(83)68(19)46(29-36(5)6)54(76)63-44/h34-48,50-53,62,73,75H,23-33H2,1-22H3,(H,63,76)(H,64,77)(H,65,78)/t40-,41-,42-,43-,44-,45+,46-,47-,48+,50?,51?,52?,53-/m1/s1. The maximum absolute atomic E-state index is 15.2. The molecule has 0 aromatic rings. The zero-order valence-corrected chi connectivity index (χ0v) is 55.8. The Morgan fingerprint density at radius 1 is 0.565 bits per heavy atom. The van der Waals surface area contributed by atoms with Gasteiger partial charge in [0.2, 0.25) is 41.4 Å². The molecule has 0 aliphatic carbocycles. The van der Waals surface area contributed by atoms with Crippen LogP contribution in [0.2, 0.25) is 0 Å². The van der Waals surface area contributed by atoms with E-state index < -0.39 is 139 Å². The average molecular weight is 1210 g/mol. The number of likely N-dealkylation sites (N-methyl/N-ethyl adjacent to an activating group) is 5. The van der Waals surface area contributed by atoms with Crippen LogP contribution in [-0.4, -0.2) is 246 Å². The second-order valence-electron chi connectivity index (χ2n) is 26.8. The maximum atomic E-state index is 15.2. The number of cyclic esters (lactones) is 2. The van der Waals surface area contributed by atoms with Crippen molar-refractivity contribution in [2.75, 3.05) is 75.1 Å². The highest BCUT2D eigenvalue weighted by Crippen LogP contribution is 2.25. The van der Waals surface area contributed by atoms with E-state index in [1.54, 1.807) is 34.7 Å². The van der Waals surface area contributed by atoms with Gasteiger partial charge in [-0.3, -0.25) is 53.6 Å². The first kappa shape index (κ1) is 76.1. The molecule has 2 aliphatic rings.